The number of carbonyl (C=O) groups excluding carboxylic acids is 2. The van der Waals surface area contributed by atoms with Gasteiger partial charge in [-0.25, -0.2) is 0 Å². The lowest BCUT2D eigenvalue weighted by Gasteiger charge is -2.26. The summed E-state index contributed by atoms with van der Waals surface area (Å²) in [6.07, 6.45) is 1.59. The van der Waals surface area contributed by atoms with Crippen LogP contribution in [-0.4, -0.2) is 26.6 Å². The topological polar surface area (TPSA) is 53.5 Å². The largest absolute Gasteiger partial charge is 0.330 e. The van der Waals surface area contributed by atoms with Crippen LogP contribution in [0.25, 0.3) is 43.1 Å². The summed E-state index contributed by atoms with van der Waals surface area (Å²) in [5, 5.41) is 8.88. The Morgan fingerprint density at radius 2 is 0.696 bits per heavy atom. The molecule has 1 aromatic heterocycles. The summed E-state index contributed by atoms with van der Waals surface area (Å²) in [5.74, 6) is -0.410. The summed E-state index contributed by atoms with van der Waals surface area (Å²) in [7, 11) is 0. The molecule has 0 spiro atoms. The number of rotatable bonds is 10. The smallest absolute Gasteiger partial charge is 0.273 e. The first-order valence-corrected chi connectivity index (χ1v) is 19.0. The van der Waals surface area contributed by atoms with Crippen molar-refractivity contribution in [1.82, 2.24) is 14.8 Å². The highest BCUT2D eigenvalue weighted by Crippen LogP contribution is 2.28. The summed E-state index contributed by atoms with van der Waals surface area (Å²) < 4.78 is 0. The van der Waals surface area contributed by atoms with Gasteiger partial charge in [0.1, 0.15) is 5.69 Å². The van der Waals surface area contributed by atoms with Gasteiger partial charge in [-0.3, -0.25) is 14.6 Å². The van der Waals surface area contributed by atoms with Crippen molar-refractivity contribution in [2.24, 2.45) is 0 Å². The zero-order chi connectivity index (χ0) is 37.8. The van der Waals surface area contributed by atoms with Crippen LogP contribution >= 0.6 is 0 Å². The standard InChI is InChI=1S/C51H39N3O2/c55-50(53(32-41-21-9-17-36-13-1-5-25-45(36)41)33-42-22-10-18-37-14-2-6-26-46(37)42)40-29-30-52-49(31-40)51(56)54(34-43-23-11-19-38-15-3-7-27-47(38)43)35-44-24-12-20-39-16-4-8-28-48(39)44/h1-31H,32-35H2. The summed E-state index contributed by atoms with van der Waals surface area (Å²) in [6.45, 7) is 1.53. The molecule has 0 unspecified atom stereocenters. The fraction of sp³-hybridized carbons (Fsp3) is 0.0784. The van der Waals surface area contributed by atoms with E-state index in [9.17, 15) is 9.59 Å². The van der Waals surface area contributed by atoms with Crippen molar-refractivity contribution in [3.63, 3.8) is 0 Å². The number of hydrogen-bond donors (Lipinski definition) is 0. The van der Waals surface area contributed by atoms with Crippen LogP contribution in [0.2, 0.25) is 0 Å². The number of carbonyl (C=O) groups is 2. The van der Waals surface area contributed by atoms with Gasteiger partial charge in [-0.2, -0.15) is 0 Å². The molecule has 0 saturated carbocycles. The molecule has 1 heterocycles. The molecule has 8 aromatic carbocycles. The van der Waals surface area contributed by atoms with Crippen molar-refractivity contribution in [2.45, 2.75) is 26.2 Å². The second kappa shape index (κ2) is 15.3. The van der Waals surface area contributed by atoms with Crippen molar-refractivity contribution < 1.29 is 9.59 Å². The van der Waals surface area contributed by atoms with Gasteiger partial charge < -0.3 is 9.80 Å². The molecular formula is C51H39N3O2. The van der Waals surface area contributed by atoms with Crippen molar-refractivity contribution in [2.75, 3.05) is 0 Å². The van der Waals surface area contributed by atoms with Gasteiger partial charge >= 0.3 is 0 Å². The first-order chi connectivity index (χ1) is 27.6. The van der Waals surface area contributed by atoms with E-state index in [0.717, 1.165) is 65.3 Å². The third-order valence-electron chi connectivity index (χ3n) is 10.8. The Hall–Kier alpha value is -7.11. The maximum absolute atomic E-state index is 14.8. The fourth-order valence-electron chi connectivity index (χ4n) is 7.97. The maximum Gasteiger partial charge on any atom is 0.273 e. The van der Waals surface area contributed by atoms with Gasteiger partial charge in [0.05, 0.1) is 0 Å². The van der Waals surface area contributed by atoms with Crippen LogP contribution in [0.1, 0.15) is 43.1 Å². The molecule has 0 aliphatic rings. The van der Waals surface area contributed by atoms with Crippen molar-refractivity contribution >= 4 is 54.9 Å². The van der Waals surface area contributed by atoms with Crippen LogP contribution < -0.4 is 0 Å². The van der Waals surface area contributed by atoms with E-state index >= 15 is 0 Å². The van der Waals surface area contributed by atoms with Gasteiger partial charge in [0.2, 0.25) is 0 Å². The molecule has 2 amide bonds. The molecule has 56 heavy (non-hydrogen) atoms. The summed E-state index contributed by atoms with van der Waals surface area (Å²) in [4.78, 5) is 37.9. The Balaban J connectivity index is 1.09. The number of amides is 2. The Labute approximate surface area is 326 Å². The first kappa shape index (κ1) is 34.6. The zero-order valence-corrected chi connectivity index (χ0v) is 30.9. The molecule has 5 nitrogen and oxygen atoms in total. The van der Waals surface area contributed by atoms with Crippen molar-refractivity contribution in [3.8, 4) is 0 Å². The van der Waals surface area contributed by atoms with E-state index in [1.807, 2.05) is 82.6 Å². The van der Waals surface area contributed by atoms with E-state index in [0.29, 0.717) is 31.7 Å². The van der Waals surface area contributed by atoms with E-state index in [1.165, 1.54) is 0 Å². The summed E-state index contributed by atoms with van der Waals surface area (Å²) in [6, 6.07) is 61.3. The quantitative estimate of drug-likeness (QED) is 0.141. The first-order valence-electron chi connectivity index (χ1n) is 19.0. The molecular weight excluding hydrogens is 687 g/mol. The van der Waals surface area contributed by atoms with Crippen LogP contribution in [-0.2, 0) is 26.2 Å². The van der Waals surface area contributed by atoms with E-state index < -0.39 is 0 Å². The predicted molar refractivity (Wildman–Crippen MR) is 227 cm³/mol. The van der Waals surface area contributed by atoms with Gasteiger partial charge in [0.25, 0.3) is 11.8 Å². The average molecular weight is 726 g/mol. The molecule has 0 atom stereocenters. The second-order valence-electron chi connectivity index (χ2n) is 14.3. The molecule has 0 aliphatic heterocycles. The Kier molecular flexibility index (Phi) is 9.48. The third kappa shape index (κ3) is 6.99. The lowest BCUT2D eigenvalue weighted by atomic mass is 10.0. The molecule has 0 bridgehead atoms. The number of nitrogens with zero attached hydrogens (tertiary/aromatic N) is 3. The minimum Gasteiger partial charge on any atom is -0.330 e. The average Bonchev–Trinajstić information content (AvgIpc) is 3.26. The third-order valence-corrected chi connectivity index (χ3v) is 10.8. The van der Waals surface area contributed by atoms with Gasteiger partial charge in [0, 0.05) is 37.9 Å². The number of hydrogen-bond acceptors (Lipinski definition) is 3. The van der Waals surface area contributed by atoms with Crippen molar-refractivity contribution in [3.05, 3.63) is 222 Å². The molecule has 270 valence electrons. The molecule has 9 aromatic rings. The minimum absolute atomic E-state index is 0.169. The molecule has 9 rings (SSSR count). The number of benzene rings is 8. The van der Waals surface area contributed by atoms with Crippen LogP contribution in [0.3, 0.4) is 0 Å². The lowest BCUT2D eigenvalue weighted by Crippen LogP contribution is -2.32. The van der Waals surface area contributed by atoms with Gasteiger partial charge in [0.15, 0.2) is 0 Å². The summed E-state index contributed by atoms with van der Waals surface area (Å²) >= 11 is 0. The molecule has 5 heteroatoms. The molecule has 0 aliphatic carbocycles. The Morgan fingerprint density at radius 3 is 1.07 bits per heavy atom. The Bertz CT molecular complexity index is 2520. The number of fused-ring (bicyclic) bond motifs is 4. The van der Waals surface area contributed by atoms with E-state index in [2.05, 4.69) is 102 Å². The van der Waals surface area contributed by atoms with E-state index in [-0.39, 0.29) is 17.5 Å². The van der Waals surface area contributed by atoms with Gasteiger partial charge in [-0.1, -0.05) is 170 Å². The van der Waals surface area contributed by atoms with Crippen LogP contribution in [0.5, 0.6) is 0 Å². The normalized spacial score (nSPS) is 11.3. The Morgan fingerprint density at radius 1 is 0.375 bits per heavy atom. The van der Waals surface area contributed by atoms with Gasteiger partial charge in [-0.05, 0) is 77.5 Å². The second-order valence-corrected chi connectivity index (χ2v) is 14.3. The van der Waals surface area contributed by atoms with Crippen molar-refractivity contribution in [1.29, 1.82) is 0 Å². The predicted octanol–water partition coefficient (Wildman–Crippen LogP) is 11.4. The van der Waals surface area contributed by atoms with Crippen LogP contribution in [0.15, 0.2) is 188 Å². The molecule has 0 N–H and O–H groups in total. The molecule has 0 radical (unpaired) electrons. The highest BCUT2D eigenvalue weighted by molar-refractivity contribution is 5.99. The van der Waals surface area contributed by atoms with E-state index in [4.69, 9.17) is 0 Å². The lowest BCUT2D eigenvalue weighted by molar-refractivity contribution is 0.0724. The van der Waals surface area contributed by atoms with Crippen LogP contribution in [0.4, 0.5) is 0 Å². The van der Waals surface area contributed by atoms with E-state index in [1.54, 1.807) is 18.3 Å². The highest BCUT2D eigenvalue weighted by Gasteiger charge is 2.24. The molecule has 0 fully saturated rings. The number of aromatic nitrogens is 1. The zero-order valence-electron chi connectivity index (χ0n) is 30.9. The SMILES string of the molecule is O=C(c1ccnc(C(=O)N(Cc2cccc3ccccc23)Cc2cccc3ccccc23)c1)N(Cc1cccc2ccccc12)Cc1cccc2ccccc12. The minimum atomic E-state index is -0.241. The maximum atomic E-state index is 14.8. The number of pyridine rings is 1. The van der Waals surface area contributed by atoms with Gasteiger partial charge in [-0.15, -0.1) is 0 Å². The highest BCUT2D eigenvalue weighted by atomic mass is 16.2. The van der Waals surface area contributed by atoms with Crippen LogP contribution in [0, 0.1) is 0 Å². The molecule has 0 saturated heterocycles. The monoisotopic (exact) mass is 725 g/mol. The summed E-state index contributed by atoms with van der Waals surface area (Å²) in [5.41, 5.74) is 4.84. The fourth-order valence-corrected chi connectivity index (χ4v) is 7.97.